The smallest absolute Gasteiger partial charge is 0.490 e. The monoisotopic (exact) mass is 518 g/mol. The number of carboxylic acid groups (broad SMARTS) is 1. The maximum Gasteiger partial charge on any atom is 0.490 e. The molecule has 5 rings (SSSR count). The van der Waals surface area contributed by atoms with Crippen molar-refractivity contribution in [1.82, 2.24) is 25.1 Å². The number of phenols is 1. The summed E-state index contributed by atoms with van der Waals surface area (Å²) in [4.78, 5) is 17.8. The molecule has 3 aromatic heterocycles. The Labute approximate surface area is 208 Å². The van der Waals surface area contributed by atoms with Crippen LogP contribution in [-0.2, 0) is 11.2 Å². The SMILES string of the molecule is CCc1cc2oc(-c3cc(-c4cnn(C5CCNCC5)c4)cnc3N)nc2cc1O.O=C(O)C(F)(F)F. The molecule has 0 saturated carbocycles. The molecule has 5 N–H and O–H groups in total. The number of oxazole rings is 1. The lowest BCUT2D eigenvalue weighted by Gasteiger charge is -2.22. The highest BCUT2D eigenvalue weighted by Gasteiger charge is 2.38. The molecule has 196 valence electrons. The summed E-state index contributed by atoms with van der Waals surface area (Å²) < 4.78 is 39.7. The van der Waals surface area contributed by atoms with E-state index in [1.165, 1.54) is 0 Å². The second-order valence-electron chi connectivity index (χ2n) is 8.47. The predicted octanol–water partition coefficient (Wildman–Crippen LogP) is 4.16. The number of aliphatic carboxylic acids is 1. The quantitative estimate of drug-likeness (QED) is 0.312. The van der Waals surface area contributed by atoms with Gasteiger partial charge < -0.3 is 25.7 Å². The first-order chi connectivity index (χ1) is 17.6. The van der Waals surface area contributed by atoms with Crippen LogP contribution in [0.3, 0.4) is 0 Å². The van der Waals surface area contributed by atoms with Gasteiger partial charge in [-0.25, -0.2) is 14.8 Å². The van der Waals surface area contributed by atoms with E-state index in [-0.39, 0.29) is 5.75 Å². The molecule has 4 aromatic rings. The third kappa shape index (κ3) is 5.82. The standard InChI is InChI=1S/C22H24N6O2.C2HF3O2/c1-2-13-8-20-18(9-19(13)29)27-22(30-20)17-7-14(10-25-21(17)23)15-11-26-28(12-15)16-3-5-24-6-4-16;3-2(4,5)1(6)7/h7-12,16,24,29H,2-6H2,1H3,(H2,23,25);(H,6,7). The summed E-state index contributed by atoms with van der Waals surface area (Å²) in [7, 11) is 0. The van der Waals surface area contributed by atoms with E-state index in [0.29, 0.717) is 40.8 Å². The molecule has 0 aliphatic carbocycles. The zero-order valence-corrected chi connectivity index (χ0v) is 19.8. The Morgan fingerprint density at radius 2 is 1.92 bits per heavy atom. The number of hydrogen-bond acceptors (Lipinski definition) is 8. The zero-order chi connectivity index (χ0) is 26.7. The molecule has 1 aliphatic rings. The number of piperidine rings is 1. The van der Waals surface area contributed by atoms with Gasteiger partial charge in [-0.3, -0.25) is 4.68 Å². The Morgan fingerprint density at radius 1 is 1.22 bits per heavy atom. The van der Waals surface area contributed by atoms with E-state index in [9.17, 15) is 18.3 Å². The molecule has 1 fully saturated rings. The lowest BCUT2D eigenvalue weighted by molar-refractivity contribution is -0.192. The fourth-order valence-corrected chi connectivity index (χ4v) is 3.97. The largest absolute Gasteiger partial charge is 0.508 e. The van der Waals surface area contributed by atoms with Gasteiger partial charge in [0.15, 0.2) is 5.58 Å². The van der Waals surface area contributed by atoms with Crippen LogP contribution in [-0.4, -0.2) is 55.2 Å². The average Bonchev–Trinajstić information content (AvgIpc) is 3.51. The van der Waals surface area contributed by atoms with E-state index in [1.807, 2.05) is 29.9 Å². The van der Waals surface area contributed by atoms with Crippen molar-refractivity contribution in [3.63, 3.8) is 0 Å². The molecule has 1 aliphatic heterocycles. The first-order valence-electron chi connectivity index (χ1n) is 11.5. The van der Waals surface area contributed by atoms with Crippen LogP contribution in [0.2, 0.25) is 0 Å². The Morgan fingerprint density at radius 3 is 2.57 bits per heavy atom. The number of nitrogens with zero attached hydrogens (tertiary/aromatic N) is 4. The van der Waals surface area contributed by atoms with E-state index in [1.54, 1.807) is 12.3 Å². The molecule has 0 unspecified atom stereocenters. The summed E-state index contributed by atoms with van der Waals surface area (Å²) in [5.41, 5.74) is 10.7. The van der Waals surface area contributed by atoms with Crippen molar-refractivity contribution in [1.29, 1.82) is 0 Å². The van der Waals surface area contributed by atoms with Crippen LogP contribution >= 0.6 is 0 Å². The number of alkyl halides is 3. The van der Waals surface area contributed by atoms with Crippen molar-refractivity contribution >= 4 is 22.9 Å². The molecule has 0 amide bonds. The Hall–Kier alpha value is -4.13. The highest BCUT2D eigenvalue weighted by molar-refractivity contribution is 5.82. The molecular weight excluding hydrogens is 493 g/mol. The highest BCUT2D eigenvalue weighted by atomic mass is 19.4. The van der Waals surface area contributed by atoms with Crippen molar-refractivity contribution in [2.24, 2.45) is 0 Å². The number of nitrogen functional groups attached to an aromatic ring is 1. The predicted molar refractivity (Wildman–Crippen MR) is 129 cm³/mol. The second kappa shape index (κ2) is 10.5. The van der Waals surface area contributed by atoms with Crippen molar-refractivity contribution in [3.05, 3.63) is 42.4 Å². The number of halogens is 3. The number of fused-ring (bicyclic) bond motifs is 1. The zero-order valence-electron chi connectivity index (χ0n) is 19.8. The van der Waals surface area contributed by atoms with Crippen molar-refractivity contribution in [2.75, 3.05) is 18.8 Å². The molecule has 0 atom stereocenters. The van der Waals surface area contributed by atoms with Gasteiger partial charge in [-0.15, -0.1) is 0 Å². The van der Waals surface area contributed by atoms with Crippen LogP contribution in [0.15, 0.2) is 41.2 Å². The van der Waals surface area contributed by atoms with E-state index in [4.69, 9.17) is 20.1 Å². The first kappa shape index (κ1) is 25.9. The molecule has 0 bridgehead atoms. The van der Waals surface area contributed by atoms with Crippen LogP contribution in [0.1, 0.15) is 31.4 Å². The van der Waals surface area contributed by atoms with Gasteiger partial charge >= 0.3 is 12.1 Å². The number of benzene rings is 1. The summed E-state index contributed by atoms with van der Waals surface area (Å²) >= 11 is 0. The fraction of sp³-hybridized carbons (Fsp3) is 0.333. The summed E-state index contributed by atoms with van der Waals surface area (Å²) in [6, 6.07) is 5.78. The Bertz CT molecular complexity index is 1410. The van der Waals surface area contributed by atoms with Crippen molar-refractivity contribution < 1.29 is 32.6 Å². The van der Waals surface area contributed by atoms with E-state index in [0.717, 1.165) is 42.6 Å². The van der Waals surface area contributed by atoms with Crippen molar-refractivity contribution in [2.45, 2.75) is 38.4 Å². The fourth-order valence-electron chi connectivity index (χ4n) is 3.97. The number of anilines is 1. The average molecular weight is 518 g/mol. The molecule has 4 heterocycles. The third-order valence-corrected chi connectivity index (χ3v) is 5.98. The summed E-state index contributed by atoms with van der Waals surface area (Å²) in [6.45, 7) is 4.01. The van der Waals surface area contributed by atoms with Crippen LogP contribution in [0.4, 0.5) is 19.0 Å². The van der Waals surface area contributed by atoms with Gasteiger partial charge in [-0.1, -0.05) is 6.92 Å². The molecule has 13 heteroatoms. The maximum atomic E-state index is 10.6. The maximum absolute atomic E-state index is 10.6. The van der Waals surface area contributed by atoms with E-state index < -0.39 is 12.1 Å². The number of aromatic nitrogens is 4. The van der Waals surface area contributed by atoms with E-state index >= 15 is 0 Å². The number of hydrogen-bond donors (Lipinski definition) is 4. The molecule has 0 radical (unpaired) electrons. The lowest BCUT2D eigenvalue weighted by Crippen LogP contribution is -2.29. The number of rotatable bonds is 4. The van der Waals surface area contributed by atoms with Gasteiger partial charge in [0.1, 0.15) is 17.1 Å². The van der Waals surface area contributed by atoms with Crippen LogP contribution in [0, 0.1) is 0 Å². The minimum atomic E-state index is -5.08. The second-order valence-corrected chi connectivity index (χ2v) is 8.47. The van der Waals surface area contributed by atoms with Crippen LogP contribution in [0.5, 0.6) is 5.75 Å². The number of pyridine rings is 1. The van der Waals surface area contributed by atoms with Gasteiger partial charge in [0.2, 0.25) is 5.89 Å². The number of phenolic OH excluding ortho intramolecular Hbond substituents is 1. The topological polar surface area (TPSA) is 152 Å². The highest BCUT2D eigenvalue weighted by Crippen LogP contribution is 2.33. The van der Waals surface area contributed by atoms with Gasteiger partial charge in [-0.2, -0.15) is 18.3 Å². The van der Waals surface area contributed by atoms with Gasteiger partial charge in [0.25, 0.3) is 0 Å². The Balaban J connectivity index is 0.000000405. The third-order valence-electron chi connectivity index (χ3n) is 5.98. The Kier molecular flexibility index (Phi) is 7.34. The normalized spacial score (nSPS) is 14.4. The molecular formula is C24H25F3N6O4. The minimum absolute atomic E-state index is 0.218. The van der Waals surface area contributed by atoms with E-state index in [2.05, 4.69) is 26.6 Å². The number of aryl methyl sites for hydroxylation is 1. The van der Waals surface area contributed by atoms with Gasteiger partial charge in [-0.05, 0) is 50.0 Å². The number of aromatic hydroxyl groups is 1. The van der Waals surface area contributed by atoms with Crippen LogP contribution < -0.4 is 11.1 Å². The summed E-state index contributed by atoms with van der Waals surface area (Å²) in [5, 5.41) is 25.2. The number of nitrogens with one attached hydrogen (secondary N) is 1. The number of carboxylic acids is 1. The van der Waals surface area contributed by atoms with Gasteiger partial charge in [0.05, 0.1) is 17.8 Å². The number of carbonyl (C=O) groups is 1. The summed E-state index contributed by atoms with van der Waals surface area (Å²) in [5.74, 6) is -1.81. The molecule has 1 saturated heterocycles. The molecule has 1 aromatic carbocycles. The minimum Gasteiger partial charge on any atom is -0.508 e. The number of nitrogens with two attached hydrogens (primary N) is 1. The van der Waals surface area contributed by atoms with Crippen LogP contribution in [0.25, 0.3) is 33.7 Å². The first-order valence-corrected chi connectivity index (χ1v) is 11.5. The van der Waals surface area contributed by atoms with Gasteiger partial charge in [0, 0.05) is 29.6 Å². The molecule has 10 nitrogen and oxygen atoms in total. The van der Waals surface area contributed by atoms with Crippen molar-refractivity contribution in [3.8, 4) is 28.3 Å². The lowest BCUT2D eigenvalue weighted by atomic mass is 10.1. The molecule has 0 spiro atoms. The molecule has 37 heavy (non-hydrogen) atoms. The summed E-state index contributed by atoms with van der Waals surface area (Å²) in [6.07, 6.45) is 3.43.